The van der Waals surface area contributed by atoms with Crippen molar-refractivity contribution in [3.63, 3.8) is 0 Å². The van der Waals surface area contributed by atoms with Gasteiger partial charge in [0, 0.05) is 7.11 Å². The zero-order chi connectivity index (χ0) is 16.4. The molecular formula is C20H32O3. The molecule has 3 unspecified atom stereocenters. The van der Waals surface area contributed by atoms with E-state index in [0.717, 1.165) is 38.5 Å². The third kappa shape index (κ3) is 2.12. The predicted octanol–water partition coefficient (Wildman–Crippen LogP) is 3.30. The number of fused-ring (bicyclic) bond motifs is 5. The fourth-order valence-electron chi connectivity index (χ4n) is 6.86. The summed E-state index contributed by atoms with van der Waals surface area (Å²) in [5, 5.41) is 20.7. The average molecular weight is 320 g/mol. The maximum absolute atomic E-state index is 10.6. The molecule has 0 saturated heterocycles. The van der Waals surface area contributed by atoms with Gasteiger partial charge >= 0.3 is 0 Å². The van der Waals surface area contributed by atoms with Gasteiger partial charge in [-0.1, -0.05) is 25.5 Å². The predicted molar refractivity (Wildman–Crippen MR) is 89.9 cm³/mol. The monoisotopic (exact) mass is 320 g/mol. The molecule has 0 aliphatic heterocycles. The highest BCUT2D eigenvalue weighted by Gasteiger charge is 2.61. The zero-order valence-corrected chi connectivity index (χ0v) is 14.8. The molecule has 0 amide bonds. The van der Waals surface area contributed by atoms with Gasteiger partial charge in [0.15, 0.2) is 0 Å². The highest BCUT2D eigenvalue weighted by molar-refractivity contribution is 5.27. The van der Waals surface area contributed by atoms with E-state index in [2.05, 4.69) is 19.9 Å². The lowest BCUT2D eigenvalue weighted by molar-refractivity contribution is -0.131. The molecule has 3 saturated carbocycles. The number of hydrogen-bond acceptors (Lipinski definition) is 3. The van der Waals surface area contributed by atoms with Crippen LogP contribution < -0.4 is 0 Å². The number of ether oxygens (including phenoxy) is 1. The molecule has 23 heavy (non-hydrogen) atoms. The smallest absolute Gasteiger partial charge is 0.0724 e. The minimum Gasteiger partial charge on any atom is -0.393 e. The summed E-state index contributed by atoms with van der Waals surface area (Å²) >= 11 is 0. The van der Waals surface area contributed by atoms with Gasteiger partial charge in [-0.3, -0.25) is 0 Å². The lowest BCUT2D eigenvalue weighted by atomic mass is 9.46. The molecule has 0 heterocycles. The van der Waals surface area contributed by atoms with E-state index in [9.17, 15) is 10.2 Å². The van der Waals surface area contributed by atoms with Crippen molar-refractivity contribution in [3.05, 3.63) is 11.6 Å². The quantitative estimate of drug-likeness (QED) is 0.729. The van der Waals surface area contributed by atoms with Crippen molar-refractivity contribution < 1.29 is 14.9 Å². The number of methoxy groups -OCH3 is 1. The Kier molecular flexibility index (Phi) is 3.72. The molecule has 0 spiro atoms. The van der Waals surface area contributed by atoms with Crippen LogP contribution in [0.1, 0.15) is 58.8 Å². The van der Waals surface area contributed by atoms with E-state index in [4.69, 9.17) is 4.74 Å². The second kappa shape index (κ2) is 5.31. The van der Waals surface area contributed by atoms with Gasteiger partial charge in [0.1, 0.15) is 0 Å². The van der Waals surface area contributed by atoms with E-state index < -0.39 is 0 Å². The minimum atomic E-state index is -0.269. The lowest BCUT2D eigenvalue weighted by Gasteiger charge is -2.60. The Morgan fingerprint density at radius 3 is 2.57 bits per heavy atom. The van der Waals surface area contributed by atoms with Crippen molar-refractivity contribution in [2.24, 2.45) is 28.6 Å². The number of aliphatic hydroxyl groups excluding tert-OH is 2. The number of rotatable bonds is 1. The normalized spacial score (nSPS) is 55.6. The van der Waals surface area contributed by atoms with E-state index in [1.165, 1.54) is 12.0 Å². The van der Waals surface area contributed by atoms with Crippen LogP contribution in [-0.4, -0.2) is 35.6 Å². The first-order chi connectivity index (χ1) is 10.9. The Hall–Kier alpha value is -0.380. The summed E-state index contributed by atoms with van der Waals surface area (Å²) < 4.78 is 5.97. The van der Waals surface area contributed by atoms with Gasteiger partial charge in [-0.25, -0.2) is 0 Å². The number of hydrogen-bond donors (Lipinski definition) is 2. The van der Waals surface area contributed by atoms with Gasteiger partial charge in [-0.2, -0.15) is 0 Å². The molecule has 0 aromatic heterocycles. The van der Waals surface area contributed by atoms with Crippen LogP contribution in [0, 0.1) is 28.6 Å². The maximum atomic E-state index is 10.6. The van der Waals surface area contributed by atoms with Crippen LogP contribution in [-0.2, 0) is 4.74 Å². The Balaban J connectivity index is 1.74. The van der Waals surface area contributed by atoms with Crippen molar-refractivity contribution in [2.45, 2.75) is 77.1 Å². The zero-order valence-electron chi connectivity index (χ0n) is 14.8. The molecule has 3 fully saturated rings. The molecule has 4 aliphatic carbocycles. The van der Waals surface area contributed by atoms with Crippen LogP contribution in [0.25, 0.3) is 0 Å². The Bertz CT molecular complexity index is 515. The second-order valence-electron chi connectivity index (χ2n) is 9.12. The average Bonchev–Trinajstić information content (AvgIpc) is 2.83. The van der Waals surface area contributed by atoms with Gasteiger partial charge in [0.25, 0.3) is 0 Å². The van der Waals surface area contributed by atoms with Gasteiger partial charge in [0.05, 0.1) is 18.3 Å². The first-order valence-electron chi connectivity index (χ1n) is 9.50. The Morgan fingerprint density at radius 1 is 1.04 bits per heavy atom. The third-order valence-electron chi connectivity index (χ3n) is 8.34. The van der Waals surface area contributed by atoms with Crippen LogP contribution in [0.4, 0.5) is 0 Å². The van der Waals surface area contributed by atoms with E-state index >= 15 is 0 Å². The molecule has 4 rings (SSSR count). The van der Waals surface area contributed by atoms with Crippen LogP contribution in [0.3, 0.4) is 0 Å². The van der Waals surface area contributed by atoms with Crippen LogP contribution in [0.15, 0.2) is 11.6 Å². The molecule has 130 valence electrons. The summed E-state index contributed by atoms with van der Waals surface area (Å²) in [6, 6.07) is 0. The van der Waals surface area contributed by atoms with Gasteiger partial charge in [-0.05, 0) is 73.5 Å². The molecule has 0 aromatic carbocycles. The summed E-state index contributed by atoms with van der Waals surface area (Å²) in [7, 11) is 1.85. The summed E-state index contributed by atoms with van der Waals surface area (Å²) in [6.45, 7) is 4.75. The molecule has 0 bridgehead atoms. The fraction of sp³-hybridized carbons (Fsp3) is 0.900. The first-order valence-corrected chi connectivity index (χ1v) is 9.50. The summed E-state index contributed by atoms with van der Waals surface area (Å²) in [4.78, 5) is 0. The van der Waals surface area contributed by atoms with Gasteiger partial charge in [0.2, 0.25) is 0 Å². The summed E-state index contributed by atoms with van der Waals surface area (Å²) in [5.74, 6) is 1.79. The number of aliphatic hydroxyl groups is 2. The SMILES string of the molecule is COC1CC2=CC(O)CC[C@]2(C)[C@@H]2CC[C@]3(C)C(O)CC[C@H]3[C@H]12. The van der Waals surface area contributed by atoms with Crippen LogP contribution in [0.5, 0.6) is 0 Å². The third-order valence-corrected chi connectivity index (χ3v) is 8.34. The Labute approximate surface area is 140 Å². The van der Waals surface area contributed by atoms with Crippen molar-refractivity contribution in [1.82, 2.24) is 0 Å². The topological polar surface area (TPSA) is 49.7 Å². The molecule has 2 N–H and O–H groups in total. The van der Waals surface area contributed by atoms with Crippen molar-refractivity contribution in [2.75, 3.05) is 7.11 Å². The maximum Gasteiger partial charge on any atom is 0.0724 e. The van der Waals surface area contributed by atoms with Gasteiger partial charge in [-0.15, -0.1) is 0 Å². The second-order valence-corrected chi connectivity index (χ2v) is 9.12. The molecule has 4 aliphatic rings. The van der Waals surface area contributed by atoms with E-state index in [1.807, 2.05) is 7.11 Å². The molecule has 3 nitrogen and oxygen atoms in total. The summed E-state index contributed by atoms with van der Waals surface area (Å²) in [5.41, 5.74) is 1.75. The molecule has 0 radical (unpaired) electrons. The molecule has 0 aromatic rings. The molecule has 8 atom stereocenters. The van der Waals surface area contributed by atoms with Gasteiger partial charge < -0.3 is 14.9 Å². The van der Waals surface area contributed by atoms with Crippen molar-refractivity contribution in [3.8, 4) is 0 Å². The van der Waals surface area contributed by atoms with E-state index in [-0.39, 0.29) is 29.1 Å². The molecule has 3 heteroatoms. The minimum absolute atomic E-state index is 0.0870. The van der Waals surface area contributed by atoms with Crippen molar-refractivity contribution in [1.29, 1.82) is 0 Å². The summed E-state index contributed by atoms with van der Waals surface area (Å²) in [6.07, 6.45) is 9.37. The standard InChI is InChI=1S/C20H32O3/c1-19-8-6-13(21)10-12(19)11-16(23-3)18-14-4-5-17(22)20(14,2)9-7-15(18)19/h10,13-18,21-22H,4-9,11H2,1-3H3/t13?,14-,15+,16?,17?,18-,19-,20-/m0/s1. The highest BCUT2D eigenvalue weighted by Crippen LogP contribution is 2.65. The van der Waals surface area contributed by atoms with Crippen molar-refractivity contribution >= 4 is 0 Å². The lowest BCUT2D eigenvalue weighted by Crippen LogP contribution is -2.56. The van der Waals surface area contributed by atoms with E-state index in [1.54, 1.807) is 0 Å². The molecular weight excluding hydrogens is 288 g/mol. The van der Waals surface area contributed by atoms with Crippen LogP contribution in [0.2, 0.25) is 0 Å². The highest BCUT2D eigenvalue weighted by atomic mass is 16.5. The van der Waals surface area contributed by atoms with E-state index in [0.29, 0.717) is 17.8 Å². The largest absolute Gasteiger partial charge is 0.393 e. The fourth-order valence-corrected chi connectivity index (χ4v) is 6.86. The first kappa shape index (κ1) is 16.1. The van der Waals surface area contributed by atoms with Crippen LogP contribution >= 0.6 is 0 Å². The Morgan fingerprint density at radius 2 is 1.83 bits per heavy atom.